The van der Waals surface area contributed by atoms with Gasteiger partial charge in [0.15, 0.2) is 5.78 Å². The van der Waals surface area contributed by atoms with Gasteiger partial charge in [-0.05, 0) is 62.2 Å². The molecule has 2 fully saturated rings. The summed E-state index contributed by atoms with van der Waals surface area (Å²) in [7, 11) is 0. The molecule has 6 heteroatoms. The number of carbonyl (C=O) groups is 3. The molecule has 0 spiro atoms. The Morgan fingerprint density at radius 1 is 1.12 bits per heavy atom. The molecule has 7 atom stereocenters. The van der Waals surface area contributed by atoms with Gasteiger partial charge < -0.3 is 13.9 Å². The van der Waals surface area contributed by atoms with Crippen molar-refractivity contribution in [3.8, 4) is 0 Å². The minimum atomic E-state index is -0.727. The Balaban J connectivity index is 1.68. The first kappa shape index (κ1) is 23.1. The Bertz CT molecular complexity index is 1110. The quantitative estimate of drug-likeness (QED) is 0.561. The summed E-state index contributed by atoms with van der Waals surface area (Å²) in [5, 5.41) is 0. The van der Waals surface area contributed by atoms with E-state index < -0.39 is 22.5 Å². The second kappa shape index (κ2) is 7.19. The van der Waals surface area contributed by atoms with E-state index in [1.807, 2.05) is 32.1 Å². The third kappa shape index (κ3) is 2.96. The highest BCUT2D eigenvalue weighted by molar-refractivity contribution is 6.00. The molecule has 2 heterocycles. The molecule has 0 N–H and O–H groups in total. The number of allylic oxidation sites excluding steroid dienone is 2. The van der Waals surface area contributed by atoms with E-state index in [2.05, 4.69) is 20.8 Å². The summed E-state index contributed by atoms with van der Waals surface area (Å²) in [6, 6.07) is 1.88. The number of ketones is 1. The van der Waals surface area contributed by atoms with Gasteiger partial charge in [0.05, 0.1) is 18.4 Å². The van der Waals surface area contributed by atoms with Crippen molar-refractivity contribution in [3.63, 3.8) is 0 Å². The SMILES string of the molecule is CC(=O)O[C@@H]1C[C@H]2C(C)(C)OC(=O)C=C[C@]2(C)[C@H]2CC[C@]3(C)C(=CC(=O)[C@H]3c3ccoc3)[C@@]21C. The largest absolute Gasteiger partial charge is 0.472 e. The predicted octanol–water partition coefficient (Wildman–Crippen LogP) is 5.14. The number of hydrogen-bond acceptors (Lipinski definition) is 6. The van der Waals surface area contributed by atoms with E-state index in [1.165, 1.54) is 6.92 Å². The molecule has 6 nitrogen and oxygen atoms in total. The predicted molar refractivity (Wildman–Crippen MR) is 125 cm³/mol. The number of fused-ring (bicyclic) bond motifs is 5. The van der Waals surface area contributed by atoms with E-state index in [0.717, 1.165) is 24.0 Å². The van der Waals surface area contributed by atoms with Crippen molar-refractivity contribution in [2.24, 2.45) is 28.1 Å². The molecule has 0 unspecified atom stereocenters. The second-order valence-electron chi connectivity index (χ2n) is 11.9. The van der Waals surface area contributed by atoms with Gasteiger partial charge in [0.1, 0.15) is 11.7 Å². The molecule has 0 amide bonds. The normalized spacial score (nSPS) is 42.6. The molecule has 1 aromatic rings. The van der Waals surface area contributed by atoms with Gasteiger partial charge in [-0.2, -0.15) is 0 Å². The standard InChI is InChI=1S/C28H34O6/c1-16(29)33-22-14-20-25(2,3)34-23(31)8-11-26(20,4)19-7-10-27(5)21(28(19,22)6)13-18(30)24(27)17-9-12-32-15-17/h8-9,11-13,15,19-20,22,24H,7,10,14H2,1-6H3/t19-,20+,22-,24-,26-,27-,28-/m1/s1. The van der Waals surface area contributed by atoms with Crippen LogP contribution in [0.15, 0.2) is 46.8 Å². The first-order valence-electron chi connectivity index (χ1n) is 12.2. The van der Waals surface area contributed by atoms with E-state index in [9.17, 15) is 14.4 Å². The molecule has 1 aliphatic heterocycles. The van der Waals surface area contributed by atoms with E-state index >= 15 is 0 Å². The Morgan fingerprint density at radius 2 is 1.85 bits per heavy atom. The van der Waals surface area contributed by atoms with E-state index in [1.54, 1.807) is 18.6 Å². The summed E-state index contributed by atoms with van der Waals surface area (Å²) in [5.41, 5.74) is -0.120. The van der Waals surface area contributed by atoms with E-state index in [4.69, 9.17) is 13.9 Å². The summed E-state index contributed by atoms with van der Waals surface area (Å²) >= 11 is 0. The van der Waals surface area contributed by atoms with Crippen LogP contribution in [0.25, 0.3) is 0 Å². The molecule has 0 bridgehead atoms. The molecule has 0 saturated heterocycles. The van der Waals surface area contributed by atoms with Gasteiger partial charge >= 0.3 is 11.9 Å². The summed E-state index contributed by atoms with van der Waals surface area (Å²) in [6.45, 7) is 11.9. The third-order valence-electron chi connectivity index (χ3n) is 9.67. The van der Waals surface area contributed by atoms with Gasteiger partial charge in [-0.15, -0.1) is 0 Å². The molecular weight excluding hydrogens is 432 g/mol. The number of cyclic esters (lactones) is 1. The molecule has 2 saturated carbocycles. The fourth-order valence-corrected chi connectivity index (χ4v) is 8.37. The van der Waals surface area contributed by atoms with Gasteiger partial charge in [0, 0.05) is 35.3 Å². The van der Waals surface area contributed by atoms with Crippen molar-refractivity contribution in [3.05, 3.63) is 48.0 Å². The van der Waals surface area contributed by atoms with Crippen LogP contribution < -0.4 is 0 Å². The van der Waals surface area contributed by atoms with Crippen molar-refractivity contribution in [1.82, 2.24) is 0 Å². The maximum Gasteiger partial charge on any atom is 0.330 e. The summed E-state index contributed by atoms with van der Waals surface area (Å²) in [5.74, 6) is -0.905. The van der Waals surface area contributed by atoms with Crippen molar-refractivity contribution < 1.29 is 28.3 Å². The highest BCUT2D eigenvalue weighted by atomic mass is 16.6. The van der Waals surface area contributed by atoms with Crippen LogP contribution in [0.4, 0.5) is 0 Å². The van der Waals surface area contributed by atoms with Crippen LogP contribution in [0.2, 0.25) is 0 Å². The third-order valence-corrected chi connectivity index (χ3v) is 9.67. The zero-order valence-corrected chi connectivity index (χ0v) is 20.8. The Kier molecular flexibility index (Phi) is 4.89. The van der Waals surface area contributed by atoms with Crippen molar-refractivity contribution >= 4 is 17.7 Å². The van der Waals surface area contributed by atoms with Crippen LogP contribution in [-0.4, -0.2) is 29.4 Å². The van der Waals surface area contributed by atoms with Crippen LogP contribution in [0.5, 0.6) is 0 Å². The fraction of sp³-hybridized carbons (Fsp3) is 0.607. The Labute approximate surface area is 200 Å². The highest BCUT2D eigenvalue weighted by Crippen LogP contribution is 2.71. The number of esters is 2. The summed E-state index contributed by atoms with van der Waals surface area (Å²) < 4.78 is 17.2. The minimum absolute atomic E-state index is 0.0446. The minimum Gasteiger partial charge on any atom is -0.472 e. The maximum atomic E-state index is 13.4. The smallest absolute Gasteiger partial charge is 0.330 e. The maximum absolute atomic E-state index is 13.4. The monoisotopic (exact) mass is 466 g/mol. The van der Waals surface area contributed by atoms with E-state index in [0.29, 0.717) is 6.42 Å². The van der Waals surface area contributed by atoms with Crippen molar-refractivity contribution in [2.75, 3.05) is 0 Å². The molecular formula is C28H34O6. The number of ether oxygens (including phenoxy) is 2. The highest BCUT2D eigenvalue weighted by Gasteiger charge is 2.69. The first-order chi connectivity index (χ1) is 15.8. The molecule has 4 aliphatic rings. The molecule has 0 aromatic carbocycles. The topological polar surface area (TPSA) is 82.8 Å². The zero-order chi connectivity index (χ0) is 24.7. The lowest BCUT2D eigenvalue weighted by atomic mass is 9.40. The number of rotatable bonds is 2. The lowest BCUT2D eigenvalue weighted by Crippen LogP contribution is -2.63. The fourth-order valence-electron chi connectivity index (χ4n) is 8.37. The van der Waals surface area contributed by atoms with Crippen LogP contribution in [0.3, 0.4) is 0 Å². The molecule has 182 valence electrons. The first-order valence-corrected chi connectivity index (χ1v) is 12.2. The number of hydrogen-bond donors (Lipinski definition) is 0. The van der Waals surface area contributed by atoms with Gasteiger partial charge in [-0.1, -0.05) is 26.8 Å². The molecule has 3 aliphatic carbocycles. The summed E-state index contributed by atoms with van der Waals surface area (Å²) in [4.78, 5) is 38.2. The Morgan fingerprint density at radius 3 is 2.50 bits per heavy atom. The molecule has 1 aromatic heterocycles. The second-order valence-corrected chi connectivity index (χ2v) is 11.9. The molecule has 0 radical (unpaired) electrons. The number of carbonyl (C=O) groups excluding carboxylic acids is 3. The molecule has 34 heavy (non-hydrogen) atoms. The van der Waals surface area contributed by atoms with Crippen molar-refractivity contribution in [1.29, 1.82) is 0 Å². The van der Waals surface area contributed by atoms with Crippen LogP contribution in [0.1, 0.15) is 72.3 Å². The molecule has 5 rings (SSSR count). The average Bonchev–Trinajstić information content (AvgIpc) is 3.31. The Hall–Kier alpha value is -2.63. The lowest BCUT2D eigenvalue weighted by Gasteiger charge is -2.64. The van der Waals surface area contributed by atoms with Crippen LogP contribution in [-0.2, 0) is 23.9 Å². The number of furan rings is 1. The lowest BCUT2D eigenvalue weighted by molar-refractivity contribution is -0.200. The van der Waals surface area contributed by atoms with Crippen LogP contribution in [0, 0.1) is 28.1 Å². The van der Waals surface area contributed by atoms with Crippen LogP contribution >= 0.6 is 0 Å². The van der Waals surface area contributed by atoms with Gasteiger partial charge in [-0.3, -0.25) is 9.59 Å². The zero-order valence-electron chi connectivity index (χ0n) is 20.8. The van der Waals surface area contributed by atoms with Gasteiger partial charge in [0.2, 0.25) is 0 Å². The average molecular weight is 467 g/mol. The van der Waals surface area contributed by atoms with Gasteiger partial charge in [-0.25, -0.2) is 4.79 Å². The summed E-state index contributed by atoms with van der Waals surface area (Å²) in [6.07, 6.45) is 10.5. The van der Waals surface area contributed by atoms with Gasteiger partial charge in [0.25, 0.3) is 0 Å². The van der Waals surface area contributed by atoms with E-state index in [-0.39, 0.29) is 40.9 Å². The van der Waals surface area contributed by atoms with Crippen molar-refractivity contribution in [2.45, 2.75) is 78.4 Å².